The van der Waals surface area contributed by atoms with Crippen molar-refractivity contribution < 1.29 is 9.84 Å². The van der Waals surface area contributed by atoms with Crippen molar-refractivity contribution in [2.24, 2.45) is 0 Å². The van der Waals surface area contributed by atoms with Crippen molar-refractivity contribution >= 4 is 0 Å². The third-order valence-corrected chi connectivity index (χ3v) is 3.70. The summed E-state index contributed by atoms with van der Waals surface area (Å²) in [4.78, 5) is 0. The summed E-state index contributed by atoms with van der Waals surface area (Å²) in [6.07, 6.45) is 1.46. The molecule has 0 atom stereocenters. The van der Waals surface area contributed by atoms with Crippen LogP contribution in [-0.2, 0) is 11.3 Å². The first-order chi connectivity index (χ1) is 8.59. The molecular formula is C15H23NO2. The van der Waals surface area contributed by atoms with Gasteiger partial charge in [0.25, 0.3) is 0 Å². The molecule has 1 fully saturated rings. The minimum absolute atomic E-state index is 0.587. The zero-order valence-corrected chi connectivity index (χ0v) is 11.3. The largest absolute Gasteiger partial charge is 0.388 e. The molecular weight excluding hydrogens is 226 g/mol. The number of aliphatic hydroxyl groups is 1. The number of benzene rings is 1. The summed E-state index contributed by atoms with van der Waals surface area (Å²) in [5.74, 6) is 0. The topological polar surface area (TPSA) is 41.5 Å². The minimum Gasteiger partial charge on any atom is -0.388 e. The van der Waals surface area contributed by atoms with Crippen LogP contribution >= 0.6 is 0 Å². The van der Waals surface area contributed by atoms with E-state index < -0.39 is 5.60 Å². The maximum absolute atomic E-state index is 10.3. The zero-order valence-electron chi connectivity index (χ0n) is 11.3. The summed E-state index contributed by atoms with van der Waals surface area (Å²) in [7, 11) is 0. The van der Waals surface area contributed by atoms with Crippen molar-refractivity contribution in [1.29, 1.82) is 0 Å². The highest BCUT2D eigenvalue weighted by Crippen LogP contribution is 2.19. The molecule has 2 N–H and O–H groups in total. The minimum atomic E-state index is -0.587. The Hall–Kier alpha value is -0.900. The first-order valence-corrected chi connectivity index (χ1v) is 6.66. The van der Waals surface area contributed by atoms with Gasteiger partial charge in [-0.2, -0.15) is 0 Å². The molecule has 0 unspecified atom stereocenters. The summed E-state index contributed by atoms with van der Waals surface area (Å²) in [6.45, 7) is 7.03. The number of ether oxygens (including phenoxy) is 1. The van der Waals surface area contributed by atoms with Crippen LogP contribution in [0.2, 0.25) is 0 Å². The highest BCUT2D eigenvalue weighted by molar-refractivity contribution is 5.30. The van der Waals surface area contributed by atoms with Crippen LogP contribution in [0.15, 0.2) is 18.2 Å². The Morgan fingerprint density at radius 3 is 2.72 bits per heavy atom. The van der Waals surface area contributed by atoms with E-state index in [9.17, 15) is 5.11 Å². The number of nitrogens with one attached hydrogen (secondary N) is 1. The highest BCUT2D eigenvalue weighted by Gasteiger charge is 2.29. The molecule has 1 aliphatic rings. The van der Waals surface area contributed by atoms with E-state index in [4.69, 9.17) is 4.74 Å². The first-order valence-electron chi connectivity index (χ1n) is 6.66. The molecule has 1 aromatic rings. The van der Waals surface area contributed by atoms with Crippen molar-refractivity contribution in [3.8, 4) is 0 Å². The Balaban J connectivity index is 1.86. The number of hydrogen-bond donors (Lipinski definition) is 2. The van der Waals surface area contributed by atoms with Crippen molar-refractivity contribution in [1.82, 2.24) is 5.32 Å². The lowest BCUT2D eigenvalue weighted by Crippen LogP contribution is -2.44. The summed E-state index contributed by atoms with van der Waals surface area (Å²) in [5.41, 5.74) is 3.30. The summed E-state index contributed by atoms with van der Waals surface area (Å²) in [5, 5.41) is 13.7. The predicted octanol–water partition coefficient (Wildman–Crippen LogP) is 1.93. The summed E-state index contributed by atoms with van der Waals surface area (Å²) >= 11 is 0. The fourth-order valence-electron chi connectivity index (χ4n) is 2.35. The molecule has 0 bridgehead atoms. The lowest BCUT2D eigenvalue weighted by atomic mass is 9.94. The van der Waals surface area contributed by atoms with Crippen LogP contribution in [-0.4, -0.2) is 30.5 Å². The Kier molecular flexibility index (Phi) is 4.38. The normalized spacial score (nSPS) is 18.8. The number of aryl methyl sites for hydroxylation is 2. The van der Waals surface area contributed by atoms with Gasteiger partial charge in [-0.15, -0.1) is 0 Å². The average Bonchev–Trinajstić information content (AvgIpc) is 2.34. The Morgan fingerprint density at radius 1 is 1.28 bits per heavy atom. The molecule has 0 amide bonds. The summed E-state index contributed by atoms with van der Waals surface area (Å²) in [6, 6.07) is 6.48. The molecule has 1 aliphatic heterocycles. The molecule has 3 nitrogen and oxygen atoms in total. The first kappa shape index (κ1) is 13.5. The van der Waals surface area contributed by atoms with Crippen LogP contribution in [0.5, 0.6) is 0 Å². The fourth-order valence-corrected chi connectivity index (χ4v) is 2.35. The van der Waals surface area contributed by atoms with Crippen LogP contribution in [0.25, 0.3) is 0 Å². The second-order valence-electron chi connectivity index (χ2n) is 5.37. The molecule has 100 valence electrons. The van der Waals surface area contributed by atoms with Crippen molar-refractivity contribution in [3.05, 3.63) is 34.9 Å². The smallest absolute Gasteiger partial charge is 0.0815 e. The van der Waals surface area contributed by atoms with Crippen LogP contribution in [0.1, 0.15) is 29.5 Å². The Labute approximate surface area is 109 Å². The zero-order chi connectivity index (χ0) is 13.0. The lowest BCUT2D eigenvalue weighted by molar-refractivity contribution is -0.0617. The van der Waals surface area contributed by atoms with Crippen molar-refractivity contribution in [2.45, 2.75) is 38.8 Å². The van der Waals surface area contributed by atoms with E-state index in [1.807, 2.05) is 0 Å². The molecule has 2 rings (SSSR count). The van der Waals surface area contributed by atoms with Crippen LogP contribution < -0.4 is 5.32 Å². The number of hydrogen-bond acceptors (Lipinski definition) is 3. The van der Waals surface area contributed by atoms with Crippen molar-refractivity contribution in [2.75, 3.05) is 19.8 Å². The average molecular weight is 249 g/mol. The van der Waals surface area contributed by atoms with E-state index in [0.29, 0.717) is 19.8 Å². The van der Waals surface area contributed by atoms with Gasteiger partial charge in [-0.3, -0.25) is 0 Å². The molecule has 1 saturated heterocycles. The number of rotatable bonds is 4. The molecule has 1 heterocycles. The lowest BCUT2D eigenvalue weighted by Gasteiger charge is -2.32. The van der Waals surface area contributed by atoms with E-state index in [1.54, 1.807) is 0 Å². The van der Waals surface area contributed by atoms with Crippen LogP contribution in [0.3, 0.4) is 0 Å². The van der Waals surface area contributed by atoms with Gasteiger partial charge in [0.15, 0.2) is 0 Å². The van der Waals surface area contributed by atoms with Gasteiger partial charge in [0, 0.05) is 39.1 Å². The van der Waals surface area contributed by atoms with E-state index in [2.05, 4.69) is 37.4 Å². The van der Waals surface area contributed by atoms with Gasteiger partial charge in [-0.1, -0.05) is 23.8 Å². The maximum Gasteiger partial charge on any atom is 0.0815 e. The van der Waals surface area contributed by atoms with Gasteiger partial charge in [0.2, 0.25) is 0 Å². The molecule has 0 aliphatic carbocycles. The SMILES string of the molecule is Cc1ccc(C)c(CNCC2(O)CCOCC2)c1. The monoisotopic (exact) mass is 249 g/mol. The second kappa shape index (κ2) is 5.83. The van der Waals surface area contributed by atoms with Gasteiger partial charge < -0.3 is 15.2 Å². The van der Waals surface area contributed by atoms with E-state index in [1.165, 1.54) is 16.7 Å². The van der Waals surface area contributed by atoms with E-state index in [0.717, 1.165) is 19.4 Å². The molecule has 0 aromatic heterocycles. The van der Waals surface area contributed by atoms with E-state index >= 15 is 0 Å². The maximum atomic E-state index is 10.3. The molecule has 1 aromatic carbocycles. The Bertz CT molecular complexity index is 397. The van der Waals surface area contributed by atoms with Gasteiger partial charge >= 0.3 is 0 Å². The third kappa shape index (κ3) is 3.55. The molecule has 0 radical (unpaired) electrons. The highest BCUT2D eigenvalue weighted by atomic mass is 16.5. The second-order valence-corrected chi connectivity index (χ2v) is 5.37. The van der Waals surface area contributed by atoms with E-state index in [-0.39, 0.29) is 0 Å². The van der Waals surface area contributed by atoms with Gasteiger partial charge in [0.05, 0.1) is 5.60 Å². The predicted molar refractivity (Wildman–Crippen MR) is 72.6 cm³/mol. The van der Waals surface area contributed by atoms with Crippen LogP contribution in [0, 0.1) is 13.8 Å². The Morgan fingerprint density at radius 2 is 2.00 bits per heavy atom. The van der Waals surface area contributed by atoms with Gasteiger partial charge in [-0.05, 0) is 25.0 Å². The third-order valence-electron chi connectivity index (χ3n) is 3.70. The quantitative estimate of drug-likeness (QED) is 0.857. The molecule has 0 saturated carbocycles. The molecule has 0 spiro atoms. The van der Waals surface area contributed by atoms with Crippen LogP contribution in [0.4, 0.5) is 0 Å². The fraction of sp³-hybridized carbons (Fsp3) is 0.600. The standard InChI is InChI=1S/C15H23NO2/c1-12-3-4-13(2)14(9-12)10-16-11-15(17)5-7-18-8-6-15/h3-4,9,16-17H,5-8,10-11H2,1-2H3. The molecule has 3 heteroatoms. The molecule has 18 heavy (non-hydrogen) atoms. The summed E-state index contributed by atoms with van der Waals surface area (Å²) < 4.78 is 5.28. The van der Waals surface area contributed by atoms with Gasteiger partial charge in [-0.25, -0.2) is 0 Å². The van der Waals surface area contributed by atoms with Crippen molar-refractivity contribution in [3.63, 3.8) is 0 Å². The van der Waals surface area contributed by atoms with Gasteiger partial charge in [0.1, 0.15) is 0 Å².